The molecule has 0 unspecified atom stereocenters. The van der Waals surface area contributed by atoms with Crippen molar-refractivity contribution in [3.8, 4) is 6.07 Å². The van der Waals surface area contributed by atoms with Gasteiger partial charge in [0.2, 0.25) is 10.0 Å². The first-order valence-corrected chi connectivity index (χ1v) is 6.45. The molecule has 5 heteroatoms. The maximum Gasteiger partial charge on any atom is 0.243 e. The minimum absolute atomic E-state index is 0.193. The summed E-state index contributed by atoms with van der Waals surface area (Å²) < 4.78 is 25.3. The molecule has 17 heavy (non-hydrogen) atoms. The van der Waals surface area contributed by atoms with Crippen molar-refractivity contribution >= 4 is 10.0 Å². The summed E-state index contributed by atoms with van der Waals surface area (Å²) in [6.07, 6.45) is 1.52. The van der Waals surface area contributed by atoms with Crippen LogP contribution in [0.25, 0.3) is 0 Å². The number of nitriles is 1. The van der Waals surface area contributed by atoms with E-state index in [0.29, 0.717) is 11.1 Å². The van der Waals surface area contributed by atoms with E-state index in [9.17, 15) is 8.42 Å². The molecular weight excluding hydrogens is 236 g/mol. The SMILES string of the molecule is C=CCN(C)S(=O)(=O)c1ccc(C#N)c(C)c1. The second kappa shape index (κ2) is 5.13. The minimum atomic E-state index is -3.50. The van der Waals surface area contributed by atoms with Crippen LogP contribution in [0.2, 0.25) is 0 Å². The number of likely N-dealkylation sites (N-methyl/N-ethyl adjacent to an activating group) is 1. The van der Waals surface area contributed by atoms with Gasteiger partial charge in [-0.3, -0.25) is 0 Å². The normalized spacial score (nSPS) is 11.2. The van der Waals surface area contributed by atoms with Crippen LogP contribution in [0.1, 0.15) is 11.1 Å². The van der Waals surface area contributed by atoms with Gasteiger partial charge < -0.3 is 0 Å². The van der Waals surface area contributed by atoms with Crippen molar-refractivity contribution in [1.82, 2.24) is 4.31 Å². The summed E-state index contributed by atoms with van der Waals surface area (Å²) in [4.78, 5) is 0.193. The fraction of sp³-hybridized carbons (Fsp3) is 0.250. The van der Waals surface area contributed by atoms with Gasteiger partial charge >= 0.3 is 0 Å². The van der Waals surface area contributed by atoms with Crippen LogP contribution in [0, 0.1) is 18.3 Å². The summed E-state index contributed by atoms with van der Waals surface area (Å²) in [6.45, 7) is 5.47. The number of benzene rings is 1. The van der Waals surface area contributed by atoms with Gasteiger partial charge in [0, 0.05) is 13.6 Å². The lowest BCUT2D eigenvalue weighted by molar-refractivity contribution is 0.499. The number of rotatable bonds is 4. The van der Waals surface area contributed by atoms with Crippen molar-refractivity contribution in [3.05, 3.63) is 42.0 Å². The van der Waals surface area contributed by atoms with Crippen LogP contribution in [-0.4, -0.2) is 26.3 Å². The highest BCUT2D eigenvalue weighted by Crippen LogP contribution is 2.18. The molecule has 4 nitrogen and oxygen atoms in total. The van der Waals surface area contributed by atoms with E-state index in [1.807, 2.05) is 6.07 Å². The Morgan fingerprint density at radius 2 is 2.18 bits per heavy atom. The standard InChI is InChI=1S/C12H14N2O2S/c1-4-7-14(3)17(15,16)12-6-5-11(9-13)10(2)8-12/h4-6,8H,1,7H2,2-3H3. The average molecular weight is 250 g/mol. The molecule has 0 amide bonds. The third-order valence-corrected chi connectivity index (χ3v) is 4.23. The van der Waals surface area contributed by atoms with Crippen molar-refractivity contribution in [1.29, 1.82) is 5.26 Å². The largest absolute Gasteiger partial charge is 0.243 e. The van der Waals surface area contributed by atoms with E-state index in [1.165, 1.54) is 35.6 Å². The highest BCUT2D eigenvalue weighted by Gasteiger charge is 2.20. The fourth-order valence-electron chi connectivity index (χ4n) is 1.38. The summed E-state index contributed by atoms with van der Waals surface area (Å²) in [6, 6.07) is 6.47. The second-order valence-electron chi connectivity index (χ2n) is 3.66. The Balaban J connectivity index is 3.22. The molecule has 0 bridgehead atoms. The Kier molecular flexibility index (Phi) is 4.05. The van der Waals surface area contributed by atoms with E-state index < -0.39 is 10.0 Å². The molecule has 0 aliphatic carbocycles. The molecular formula is C12H14N2O2S. The molecule has 0 aromatic heterocycles. The van der Waals surface area contributed by atoms with Gasteiger partial charge in [0.1, 0.15) is 0 Å². The molecule has 0 saturated carbocycles. The topological polar surface area (TPSA) is 61.2 Å². The Labute approximate surface area is 102 Å². The molecule has 0 N–H and O–H groups in total. The minimum Gasteiger partial charge on any atom is -0.207 e. The van der Waals surface area contributed by atoms with Crippen LogP contribution < -0.4 is 0 Å². The zero-order valence-corrected chi connectivity index (χ0v) is 10.7. The molecule has 0 heterocycles. The van der Waals surface area contributed by atoms with E-state index in [0.717, 1.165) is 0 Å². The van der Waals surface area contributed by atoms with E-state index in [1.54, 1.807) is 6.92 Å². The predicted molar refractivity (Wildman–Crippen MR) is 65.9 cm³/mol. The van der Waals surface area contributed by atoms with Crippen molar-refractivity contribution in [3.63, 3.8) is 0 Å². The molecule has 0 saturated heterocycles. The van der Waals surface area contributed by atoms with Gasteiger partial charge in [-0.1, -0.05) is 6.08 Å². The summed E-state index contributed by atoms with van der Waals surface area (Å²) in [7, 11) is -2.01. The first kappa shape index (κ1) is 13.4. The summed E-state index contributed by atoms with van der Waals surface area (Å²) >= 11 is 0. The van der Waals surface area contributed by atoms with Gasteiger partial charge in [0.25, 0.3) is 0 Å². The van der Waals surface area contributed by atoms with Crippen molar-refractivity contribution in [2.75, 3.05) is 13.6 Å². The summed E-state index contributed by atoms with van der Waals surface area (Å²) in [5, 5.41) is 8.78. The Hall–Kier alpha value is -1.64. The third kappa shape index (κ3) is 2.73. The van der Waals surface area contributed by atoms with E-state index in [4.69, 9.17) is 5.26 Å². The first-order valence-electron chi connectivity index (χ1n) is 5.01. The van der Waals surface area contributed by atoms with Crippen LogP contribution in [0.3, 0.4) is 0 Å². The van der Waals surface area contributed by atoms with Gasteiger partial charge in [-0.25, -0.2) is 8.42 Å². The quantitative estimate of drug-likeness (QED) is 0.764. The molecule has 0 aliphatic heterocycles. The summed E-state index contributed by atoms with van der Waals surface area (Å²) in [5.41, 5.74) is 1.14. The molecule has 90 valence electrons. The van der Waals surface area contributed by atoms with Crippen molar-refractivity contribution in [2.24, 2.45) is 0 Å². The van der Waals surface area contributed by atoms with Gasteiger partial charge in [0.05, 0.1) is 16.5 Å². The van der Waals surface area contributed by atoms with Crippen LogP contribution in [0.15, 0.2) is 35.7 Å². The number of sulfonamides is 1. The van der Waals surface area contributed by atoms with Gasteiger partial charge in [0.15, 0.2) is 0 Å². The number of hydrogen-bond donors (Lipinski definition) is 0. The molecule has 1 rings (SSSR count). The predicted octanol–water partition coefficient (Wildman–Crippen LogP) is 1.67. The molecule has 1 aromatic carbocycles. The molecule has 0 spiro atoms. The smallest absolute Gasteiger partial charge is 0.207 e. The third-order valence-electron chi connectivity index (χ3n) is 2.41. The molecule has 0 atom stereocenters. The molecule has 0 radical (unpaired) electrons. The fourth-order valence-corrected chi connectivity index (χ4v) is 2.61. The van der Waals surface area contributed by atoms with Crippen LogP contribution in [-0.2, 0) is 10.0 Å². The van der Waals surface area contributed by atoms with E-state index >= 15 is 0 Å². The zero-order valence-electron chi connectivity index (χ0n) is 9.84. The monoisotopic (exact) mass is 250 g/mol. The van der Waals surface area contributed by atoms with Gasteiger partial charge in [-0.2, -0.15) is 9.57 Å². The number of aryl methyl sites for hydroxylation is 1. The van der Waals surface area contributed by atoms with E-state index in [2.05, 4.69) is 6.58 Å². The maximum absolute atomic E-state index is 12.1. The van der Waals surface area contributed by atoms with Crippen LogP contribution in [0.5, 0.6) is 0 Å². The lowest BCUT2D eigenvalue weighted by atomic mass is 10.1. The Morgan fingerprint density at radius 3 is 2.65 bits per heavy atom. The van der Waals surface area contributed by atoms with Crippen LogP contribution >= 0.6 is 0 Å². The number of hydrogen-bond acceptors (Lipinski definition) is 3. The van der Waals surface area contributed by atoms with E-state index in [-0.39, 0.29) is 11.4 Å². The van der Waals surface area contributed by atoms with Crippen LogP contribution in [0.4, 0.5) is 0 Å². The highest BCUT2D eigenvalue weighted by molar-refractivity contribution is 7.89. The van der Waals surface area contributed by atoms with Crippen molar-refractivity contribution < 1.29 is 8.42 Å². The lowest BCUT2D eigenvalue weighted by Crippen LogP contribution is -2.27. The molecule has 0 fully saturated rings. The highest BCUT2D eigenvalue weighted by atomic mass is 32.2. The van der Waals surface area contributed by atoms with Gasteiger partial charge in [-0.05, 0) is 30.7 Å². The lowest BCUT2D eigenvalue weighted by Gasteiger charge is -2.15. The molecule has 1 aromatic rings. The first-order chi connectivity index (χ1) is 7.93. The zero-order chi connectivity index (χ0) is 13.1. The maximum atomic E-state index is 12.1. The second-order valence-corrected chi connectivity index (χ2v) is 5.71. The summed E-state index contributed by atoms with van der Waals surface area (Å²) in [5.74, 6) is 0. The Bertz CT molecular complexity index is 571. The van der Waals surface area contributed by atoms with Gasteiger partial charge in [-0.15, -0.1) is 6.58 Å². The van der Waals surface area contributed by atoms with Crippen molar-refractivity contribution in [2.45, 2.75) is 11.8 Å². The number of nitrogens with zero attached hydrogens (tertiary/aromatic N) is 2. The Morgan fingerprint density at radius 1 is 1.53 bits per heavy atom. The average Bonchev–Trinajstić information content (AvgIpc) is 2.29. The molecule has 0 aliphatic rings.